The Morgan fingerprint density at radius 2 is 1.61 bits per heavy atom. The minimum Gasteiger partial charge on any atom is -0.480 e. The fourth-order valence-corrected chi connectivity index (χ4v) is 4.40. The van der Waals surface area contributed by atoms with Crippen LogP contribution in [0.4, 0.5) is 0 Å². The van der Waals surface area contributed by atoms with E-state index < -0.39 is 5.97 Å². The van der Waals surface area contributed by atoms with Gasteiger partial charge in [0.15, 0.2) is 0 Å². The average Bonchev–Trinajstić information content (AvgIpc) is 2.82. The maximum Gasteiger partial charge on any atom is 0.364 e. The lowest BCUT2D eigenvalue weighted by Crippen LogP contribution is -2.31. The molecular formula is C25H26ClN3O4. The quantitative estimate of drug-likeness (QED) is 0.523. The van der Waals surface area contributed by atoms with Gasteiger partial charge in [0.05, 0.1) is 6.61 Å². The van der Waals surface area contributed by atoms with Gasteiger partial charge >= 0.3 is 11.7 Å². The van der Waals surface area contributed by atoms with Crippen LogP contribution in [0.15, 0.2) is 59.4 Å². The molecule has 1 aromatic heterocycles. The van der Waals surface area contributed by atoms with E-state index in [4.69, 9.17) is 26.5 Å². The molecule has 1 N–H and O–H groups in total. The summed E-state index contributed by atoms with van der Waals surface area (Å²) in [4.78, 5) is 27.9. The van der Waals surface area contributed by atoms with Crippen molar-refractivity contribution in [3.63, 3.8) is 0 Å². The molecule has 2 aromatic carbocycles. The van der Waals surface area contributed by atoms with Gasteiger partial charge in [0.25, 0.3) is 0 Å². The second-order valence-electron chi connectivity index (χ2n) is 8.44. The molecule has 1 fully saturated rings. The standard InChI is InChI=1S/C25H26ClN3O4/c26-21-12-10-20(11-13-21)24-23(19-4-2-1-3-5-19)27-25(32)29(28-24)14-17-6-8-18(9-7-17)15-33-16-22(30)31/h1-5,10-13,17-18H,6-9,14-16H2,(H,30,31)/t17-,18+. The summed E-state index contributed by atoms with van der Waals surface area (Å²) in [5.74, 6) is -0.279. The topological polar surface area (TPSA) is 94.3 Å². The Balaban J connectivity index is 1.54. The first-order chi connectivity index (χ1) is 16.0. The molecule has 1 aliphatic rings. The van der Waals surface area contributed by atoms with Crippen molar-refractivity contribution in [2.24, 2.45) is 11.8 Å². The lowest BCUT2D eigenvalue weighted by atomic mass is 9.82. The Labute approximate surface area is 197 Å². The van der Waals surface area contributed by atoms with Crippen molar-refractivity contribution in [1.29, 1.82) is 0 Å². The van der Waals surface area contributed by atoms with E-state index in [1.165, 1.54) is 4.68 Å². The van der Waals surface area contributed by atoms with Crippen LogP contribution in [0.3, 0.4) is 0 Å². The Kier molecular flexibility index (Phi) is 7.52. The summed E-state index contributed by atoms with van der Waals surface area (Å²) in [6, 6.07) is 16.9. The van der Waals surface area contributed by atoms with Crippen LogP contribution in [-0.2, 0) is 16.1 Å². The van der Waals surface area contributed by atoms with Gasteiger partial charge in [-0.15, -0.1) is 0 Å². The molecular weight excluding hydrogens is 442 g/mol. The number of carbonyl (C=O) groups is 1. The maximum atomic E-state index is 12.9. The van der Waals surface area contributed by atoms with Gasteiger partial charge in [-0.2, -0.15) is 10.1 Å². The third-order valence-corrected chi connectivity index (χ3v) is 6.27. The Morgan fingerprint density at radius 3 is 2.27 bits per heavy atom. The van der Waals surface area contributed by atoms with E-state index in [0.717, 1.165) is 36.8 Å². The molecule has 0 radical (unpaired) electrons. The molecule has 1 aliphatic carbocycles. The predicted molar refractivity (Wildman–Crippen MR) is 126 cm³/mol. The van der Waals surface area contributed by atoms with Gasteiger partial charge in [-0.1, -0.05) is 54.1 Å². The number of aliphatic carboxylic acids is 1. The van der Waals surface area contributed by atoms with Crippen molar-refractivity contribution in [3.05, 3.63) is 70.1 Å². The van der Waals surface area contributed by atoms with E-state index in [9.17, 15) is 9.59 Å². The maximum absolute atomic E-state index is 12.9. The second kappa shape index (κ2) is 10.7. The van der Waals surface area contributed by atoms with Crippen LogP contribution in [0.1, 0.15) is 25.7 Å². The molecule has 3 aromatic rings. The fourth-order valence-electron chi connectivity index (χ4n) is 4.27. The first-order valence-corrected chi connectivity index (χ1v) is 11.5. The summed E-state index contributed by atoms with van der Waals surface area (Å²) < 4.78 is 6.72. The number of halogens is 1. The van der Waals surface area contributed by atoms with Crippen molar-refractivity contribution in [3.8, 4) is 22.5 Å². The van der Waals surface area contributed by atoms with Gasteiger partial charge in [0, 0.05) is 22.7 Å². The van der Waals surface area contributed by atoms with Gasteiger partial charge in [0.1, 0.15) is 18.0 Å². The largest absolute Gasteiger partial charge is 0.480 e. The number of rotatable bonds is 8. The van der Waals surface area contributed by atoms with E-state index >= 15 is 0 Å². The molecule has 0 bridgehead atoms. The summed E-state index contributed by atoms with van der Waals surface area (Å²) in [6.45, 7) is 0.710. The van der Waals surface area contributed by atoms with E-state index in [0.29, 0.717) is 41.4 Å². The van der Waals surface area contributed by atoms with Crippen LogP contribution in [-0.4, -0.2) is 39.1 Å². The first kappa shape index (κ1) is 23.1. The molecule has 0 unspecified atom stereocenters. The van der Waals surface area contributed by atoms with Crippen LogP contribution in [0.5, 0.6) is 0 Å². The molecule has 33 heavy (non-hydrogen) atoms. The number of hydrogen-bond donors (Lipinski definition) is 1. The highest BCUT2D eigenvalue weighted by Crippen LogP contribution is 2.31. The highest BCUT2D eigenvalue weighted by atomic mass is 35.5. The molecule has 4 rings (SSSR count). The summed E-state index contributed by atoms with van der Waals surface area (Å²) in [7, 11) is 0. The summed E-state index contributed by atoms with van der Waals surface area (Å²) in [5, 5.41) is 14.1. The minimum atomic E-state index is -0.947. The summed E-state index contributed by atoms with van der Waals surface area (Å²) in [6.07, 6.45) is 3.76. The molecule has 0 atom stereocenters. The van der Waals surface area contributed by atoms with Crippen molar-refractivity contribution in [2.45, 2.75) is 32.2 Å². The number of nitrogens with zero attached hydrogens (tertiary/aromatic N) is 3. The number of benzene rings is 2. The highest BCUT2D eigenvalue weighted by Gasteiger charge is 2.23. The minimum absolute atomic E-state index is 0.258. The van der Waals surface area contributed by atoms with Gasteiger partial charge in [0.2, 0.25) is 0 Å². The van der Waals surface area contributed by atoms with Crippen LogP contribution >= 0.6 is 11.6 Å². The van der Waals surface area contributed by atoms with Crippen molar-refractivity contribution in [1.82, 2.24) is 14.8 Å². The number of carboxylic acids is 1. The second-order valence-corrected chi connectivity index (χ2v) is 8.88. The zero-order chi connectivity index (χ0) is 23.2. The lowest BCUT2D eigenvalue weighted by Gasteiger charge is -2.28. The van der Waals surface area contributed by atoms with E-state index in [2.05, 4.69) is 4.98 Å². The zero-order valence-corrected chi connectivity index (χ0v) is 18.9. The van der Waals surface area contributed by atoms with Gasteiger partial charge in [-0.25, -0.2) is 14.3 Å². The Bertz CT molecular complexity index is 1140. The number of aromatic nitrogens is 3. The Hall–Kier alpha value is -3.03. The first-order valence-electron chi connectivity index (χ1n) is 11.1. The zero-order valence-electron chi connectivity index (χ0n) is 18.2. The third kappa shape index (κ3) is 6.06. The van der Waals surface area contributed by atoms with E-state index in [1.807, 2.05) is 42.5 Å². The number of carboxylic acid groups (broad SMARTS) is 1. The molecule has 1 saturated carbocycles. The predicted octanol–water partition coefficient (Wildman–Crippen LogP) is 4.53. The van der Waals surface area contributed by atoms with Gasteiger partial charge in [-0.3, -0.25) is 0 Å². The molecule has 0 amide bonds. The van der Waals surface area contributed by atoms with Crippen LogP contribution < -0.4 is 5.69 Å². The van der Waals surface area contributed by atoms with E-state index in [-0.39, 0.29) is 12.3 Å². The average molecular weight is 468 g/mol. The molecule has 172 valence electrons. The van der Waals surface area contributed by atoms with Crippen LogP contribution in [0.2, 0.25) is 5.02 Å². The number of hydrogen-bond acceptors (Lipinski definition) is 5. The molecule has 0 spiro atoms. The van der Waals surface area contributed by atoms with Crippen molar-refractivity contribution < 1.29 is 14.6 Å². The van der Waals surface area contributed by atoms with Crippen LogP contribution in [0, 0.1) is 11.8 Å². The van der Waals surface area contributed by atoms with Crippen molar-refractivity contribution in [2.75, 3.05) is 13.2 Å². The Morgan fingerprint density at radius 1 is 0.970 bits per heavy atom. The third-order valence-electron chi connectivity index (χ3n) is 6.01. The molecule has 0 aliphatic heterocycles. The molecule has 0 saturated heterocycles. The molecule has 7 nitrogen and oxygen atoms in total. The highest BCUT2D eigenvalue weighted by molar-refractivity contribution is 6.30. The summed E-state index contributed by atoms with van der Waals surface area (Å²) >= 11 is 6.07. The molecule has 1 heterocycles. The number of ether oxygens (including phenoxy) is 1. The molecule has 8 heteroatoms. The fraction of sp³-hybridized carbons (Fsp3) is 0.360. The van der Waals surface area contributed by atoms with Gasteiger partial charge < -0.3 is 9.84 Å². The van der Waals surface area contributed by atoms with E-state index in [1.54, 1.807) is 12.1 Å². The summed E-state index contributed by atoms with van der Waals surface area (Å²) in [5.41, 5.74) is 2.52. The van der Waals surface area contributed by atoms with Crippen LogP contribution in [0.25, 0.3) is 22.5 Å². The lowest BCUT2D eigenvalue weighted by molar-refractivity contribution is -0.142. The van der Waals surface area contributed by atoms with Gasteiger partial charge in [-0.05, 0) is 49.7 Å². The monoisotopic (exact) mass is 467 g/mol. The van der Waals surface area contributed by atoms with Crippen molar-refractivity contribution >= 4 is 17.6 Å². The SMILES string of the molecule is O=C(O)COC[C@H]1CC[C@@H](Cn2nc(-c3ccc(Cl)cc3)c(-c3ccccc3)nc2=O)CC1. The smallest absolute Gasteiger partial charge is 0.364 e. The normalized spacial score (nSPS) is 18.2.